The maximum atomic E-state index is 12.3. The van der Waals surface area contributed by atoms with Gasteiger partial charge >= 0.3 is 0 Å². The second kappa shape index (κ2) is 6.45. The highest BCUT2D eigenvalue weighted by Crippen LogP contribution is 2.28. The van der Waals surface area contributed by atoms with Gasteiger partial charge in [-0.25, -0.2) is 0 Å². The Labute approximate surface area is 138 Å². The molecule has 0 aliphatic carbocycles. The smallest absolute Gasteiger partial charge is 0.255 e. The molecule has 122 valence electrons. The van der Waals surface area contributed by atoms with Crippen LogP contribution in [0.5, 0.6) is 17.2 Å². The van der Waals surface area contributed by atoms with Crippen LogP contribution < -0.4 is 10.1 Å². The third kappa shape index (κ3) is 2.94. The summed E-state index contributed by atoms with van der Waals surface area (Å²) < 4.78 is 5.03. The molecule has 6 nitrogen and oxygen atoms in total. The number of nitrogens with zero attached hydrogens (tertiary/aromatic N) is 1. The molecule has 1 amide bonds. The lowest BCUT2D eigenvalue weighted by molar-refractivity contribution is 0.0948. The number of phenols is 2. The summed E-state index contributed by atoms with van der Waals surface area (Å²) in [5.41, 5.74) is 1.31. The van der Waals surface area contributed by atoms with E-state index in [0.717, 1.165) is 10.9 Å². The minimum absolute atomic E-state index is 0.0332. The second-order valence-corrected chi connectivity index (χ2v) is 5.23. The van der Waals surface area contributed by atoms with E-state index in [2.05, 4.69) is 10.3 Å². The number of carbonyl (C=O) groups is 1. The second-order valence-electron chi connectivity index (χ2n) is 5.23. The van der Waals surface area contributed by atoms with E-state index in [0.29, 0.717) is 11.3 Å². The molecule has 3 N–H and O–H groups in total. The van der Waals surface area contributed by atoms with Crippen LogP contribution in [0.1, 0.15) is 15.9 Å². The van der Waals surface area contributed by atoms with E-state index >= 15 is 0 Å². The topological polar surface area (TPSA) is 91.7 Å². The quantitative estimate of drug-likeness (QED) is 0.686. The summed E-state index contributed by atoms with van der Waals surface area (Å²) >= 11 is 0. The normalized spacial score (nSPS) is 10.5. The maximum absolute atomic E-state index is 12.3. The molecule has 6 heteroatoms. The summed E-state index contributed by atoms with van der Waals surface area (Å²) in [6, 6.07) is 11.7. The van der Waals surface area contributed by atoms with Gasteiger partial charge in [-0.1, -0.05) is 18.2 Å². The maximum Gasteiger partial charge on any atom is 0.255 e. The Hall–Kier alpha value is -3.28. The van der Waals surface area contributed by atoms with Gasteiger partial charge in [-0.05, 0) is 29.8 Å². The molecule has 0 aliphatic heterocycles. The lowest BCUT2D eigenvalue weighted by Gasteiger charge is -2.10. The van der Waals surface area contributed by atoms with E-state index in [1.54, 1.807) is 36.5 Å². The number of amides is 1. The number of aromatic hydroxyl groups is 2. The van der Waals surface area contributed by atoms with Crippen molar-refractivity contribution in [1.29, 1.82) is 0 Å². The first-order chi connectivity index (χ1) is 11.6. The van der Waals surface area contributed by atoms with Crippen LogP contribution in [-0.4, -0.2) is 28.2 Å². The molecule has 3 aromatic rings. The largest absolute Gasteiger partial charge is 0.505 e. The number of pyridine rings is 1. The minimum Gasteiger partial charge on any atom is -0.505 e. The molecule has 0 radical (unpaired) electrons. The van der Waals surface area contributed by atoms with Crippen molar-refractivity contribution in [3.8, 4) is 17.2 Å². The van der Waals surface area contributed by atoms with Gasteiger partial charge in [0.15, 0.2) is 17.2 Å². The molecule has 0 atom stereocenters. The average Bonchev–Trinajstić information content (AvgIpc) is 2.61. The van der Waals surface area contributed by atoms with Crippen molar-refractivity contribution in [3.05, 3.63) is 59.8 Å². The number of ether oxygens (including phenoxy) is 1. The molecule has 0 bridgehead atoms. The SMILES string of the molecule is COc1cc(CNC(=O)c2ccc3cccnc3c2O)ccc1O. The van der Waals surface area contributed by atoms with Gasteiger partial charge in [0.25, 0.3) is 5.91 Å². The van der Waals surface area contributed by atoms with Gasteiger partial charge < -0.3 is 20.3 Å². The van der Waals surface area contributed by atoms with Crippen molar-refractivity contribution in [1.82, 2.24) is 10.3 Å². The molecule has 1 aromatic heterocycles. The highest BCUT2D eigenvalue weighted by molar-refractivity contribution is 6.02. The fourth-order valence-corrected chi connectivity index (χ4v) is 2.42. The predicted octanol–water partition coefficient (Wildman–Crippen LogP) is 2.58. The van der Waals surface area contributed by atoms with E-state index in [4.69, 9.17) is 4.74 Å². The number of aromatic nitrogens is 1. The number of hydrogen-bond donors (Lipinski definition) is 3. The van der Waals surface area contributed by atoms with E-state index in [1.165, 1.54) is 13.2 Å². The Balaban J connectivity index is 1.79. The minimum atomic E-state index is -0.410. The molecule has 2 aromatic carbocycles. The number of benzene rings is 2. The molecule has 0 spiro atoms. The third-order valence-corrected chi connectivity index (χ3v) is 3.69. The zero-order valence-corrected chi connectivity index (χ0v) is 13.0. The summed E-state index contributed by atoms with van der Waals surface area (Å²) in [5.74, 6) is -0.189. The van der Waals surface area contributed by atoms with Gasteiger partial charge in [-0.2, -0.15) is 0 Å². The van der Waals surface area contributed by atoms with E-state index in [-0.39, 0.29) is 23.6 Å². The molecular weight excluding hydrogens is 308 g/mol. The lowest BCUT2D eigenvalue weighted by Crippen LogP contribution is -2.22. The van der Waals surface area contributed by atoms with Gasteiger partial charge in [-0.3, -0.25) is 9.78 Å². The highest BCUT2D eigenvalue weighted by Gasteiger charge is 2.14. The van der Waals surface area contributed by atoms with Gasteiger partial charge in [-0.15, -0.1) is 0 Å². The Bertz CT molecular complexity index is 909. The number of rotatable bonds is 4. The van der Waals surface area contributed by atoms with Crippen molar-refractivity contribution in [3.63, 3.8) is 0 Å². The number of hydrogen-bond acceptors (Lipinski definition) is 5. The van der Waals surface area contributed by atoms with Crippen LogP contribution in [0.2, 0.25) is 0 Å². The van der Waals surface area contributed by atoms with E-state index < -0.39 is 5.91 Å². The number of phenolic OH excluding ortho intramolecular Hbond substituents is 2. The van der Waals surface area contributed by atoms with Crippen molar-refractivity contribution in [2.24, 2.45) is 0 Å². The van der Waals surface area contributed by atoms with E-state index in [9.17, 15) is 15.0 Å². The van der Waals surface area contributed by atoms with Gasteiger partial charge in [0.2, 0.25) is 0 Å². The van der Waals surface area contributed by atoms with Gasteiger partial charge in [0.05, 0.1) is 12.7 Å². The first-order valence-electron chi connectivity index (χ1n) is 7.31. The lowest BCUT2D eigenvalue weighted by atomic mass is 10.1. The van der Waals surface area contributed by atoms with Crippen molar-refractivity contribution >= 4 is 16.8 Å². The molecule has 0 aliphatic rings. The molecule has 24 heavy (non-hydrogen) atoms. The van der Waals surface area contributed by atoms with Crippen LogP contribution in [-0.2, 0) is 6.54 Å². The zero-order chi connectivity index (χ0) is 17.1. The number of carbonyl (C=O) groups excluding carboxylic acids is 1. The predicted molar refractivity (Wildman–Crippen MR) is 89.2 cm³/mol. The molecule has 0 saturated heterocycles. The standard InChI is InChI=1S/C18H16N2O4/c1-24-15-9-11(4-7-14(15)21)10-20-18(23)13-6-5-12-3-2-8-19-16(12)17(13)22/h2-9,21-22H,10H2,1H3,(H,20,23). The summed E-state index contributed by atoms with van der Waals surface area (Å²) in [6.07, 6.45) is 1.56. The van der Waals surface area contributed by atoms with Gasteiger partial charge in [0.1, 0.15) is 5.52 Å². The third-order valence-electron chi connectivity index (χ3n) is 3.69. The molecule has 0 unspecified atom stereocenters. The van der Waals surface area contributed by atoms with Crippen molar-refractivity contribution < 1.29 is 19.7 Å². The Kier molecular flexibility index (Phi) is 4.20. The average molecular weight is 324 g/mol. The summed E-state index contributed by atoms with van der Waals surface area (Å²) in [4.78, 5) is 16.4. The van der Waals surface area contributed by atoms with Crippen LogP contribution in [0.4, 0.5) is 0 Å². The first-order valence-corrected chi connectivity index (χ1v) is 7.31. The molecule has 0 fully saturated rings. The van der Waals surface area contributed by atoms with Crippen LogP contribution in [0.15, 0.2) is 48.7 Å². The van der Waals surface area contributed by atoms with Crippen molar-refractivity contribution in [2.75, 3.05) is 7.11 Å². The Morgan fingerprint density at radius 1 is 1.21 bits per heavy atom. The number of methoxy groups -OCH3 is 1. The molecule has 1 heterocycles. The molecule has 0 saturated carbocycles. The monoisotopic (exact) mass is 324 g/mol. The zero-order valence-electron chi connectivity index (χ0n) is 13.0. The summed E-state index contributed by atoms with van der Waals surface area (Å²) in [7, 11) is 1.46. The highest BCUT2D eigenvalue weighted by atomic mass is 16.5. The fraction of sp³-hybridized carbons (Fsp3) is 0.111. The number of nitrogens with one attached hydrogen (secondary N) is 1. The Morgan fingerprint density at radius 2 is 2.04 bits per heavy atom. The van der Waals surface area contributed by atoms with E-state index in [1.807, 2.05) is 6.07 Å². The summed E-state index contributed by atoms with van der Waals surface area (Å²) in [5, 5.41) is 23.3. The summed E-state index contributed by atoms with van der Waals surface area (Å²) in [6.45, 7) is 0.231. The van der Waals surface area contributed by atoms with Crippen LogP contribution in [0.25, 0.3) is 10.9 Å². The van der Waals surface area contributed by atoms with Crippen LogP contribution >= 0.6 is 0 Å². The van der Waals surface area contributed by atoms with Crippen LogP contribution in [0.3, 0.4) is 0 Å². The first kappa shape index (κ1) is 15.6. The fourth-order valence-electron chi connectivity index (χ4n) is 2.42. The Morgan fingerprint density at radius 3 is 2.83 bits per heavy atom. The molecule has 3 rings (SSSR count). The number of fused-ring (bicyclic) bond motifs is 1. The van der Waals surface area contributed by atoms with Crippen molar-refractivity contribution in [2.45, 2.75) is 6.54 Å². The van der Waals surface area contributed by atoms with Crippen LogP contribution in [0, 0.1) is 0 Å². The molecular formula is C18H16N2O4. The van der Waals surface area contributed by atoms with Gasteiger partial charge in [0, 0.05) is 18.1 Å².